The van der Waals surface area contributed by atoms with Crippen molar-refractivity contribution in [2.45, 2.75) is 38.0 Å². The highest BCUT2D eigenvalue weighted by Crippen LogP contribution is 2.37. The second-order valence-corrected chi connectivity index (χ2v) is 7.10. The monoisotopic (exact) mass is 351 g/mol. The van der Waals surface area contributed by atoms with E-state index in [4.69, 9.17) is 4.74 Å². The Kier molecular flexibility index (Phi) is 6.45. The van der Waals surface area contributed by atoms with Crippen LogP contribution < -0.4 is 0 Å². The quantitative estimate of drug-likeness (QED) is 0.700. The Hall–Kier alpha value is -2.13. The van der Waals surface area contributed by atoms with Gasteiger partial charge in [0.2, 0.25) is 0 Å². The van der Waals surface area contributed by atoms with Crippen molar-refractivity contribution in [3.63, 3.8) is 0 Å². The lowest BCUT2D eigenvalue weighted by molar-refractivity contribution is -0.152. The van der Waals surface area contributed by atoms with E-state index in [9.17, 15) is 4.79 Å². The maximum atomic E-state index is 12.8. The minimum Gasteiger partial charge on any atom is -0.465 e. The number of hydrogen-bond acceptors (Lipinski definition) is 3. The Morgan fingerprint density at radius 3 is 2.23 bits per heavy atom. The maximum Gasteiger partial charge on any atom is 0.316 e. The SMILES string of the molecule is CCOC(=O)C1(c2ccccc2)CCN(CCCc2ccccc2)CC1. The van der Waals surface area contributed by atoms with Gasteiger partial charge in [0.15, 0.2) is 0 Å². The van der Waals surface area contributed by atoms with E-state index < -0.39 is 5.41 Å². The summed E-state index contributed by atoms with van der Waals surface area (Å²) < 4.78 is 5.46. The first kappa shape index (κ1) is 18.7. The molecule has 138 valence electrons. The summed E-state index contributed by atoms with van der Waals surface area (Å²) in [4.78, 5) is 15.3. The van der Waals surface area contributed by atoms with Crippen LogP contribution in [-0.2, 0) is 21.4 Å². The zero-order valence-electron chi connectivity index (χ0n) is 15.7. The van der Waals surface area contributed by atoms with Crippen LogP contribution in [0, 0.1) is 0 Å². The van der Waals surface area contributed by atoms with Crippen LogP contribution in [0.1, 0.15) is 37.3 Å². The molecule has 1 aliphatic rings. The van der Waals surface area contributed by atoms with Crippen molar-refractivity contribution in [1.82, 2.24) is 4.90 Å². The van der Waals surface area contributed by atoms with Crippen molar-refractivity contribution in [2.75, 3.05) is 26.2 Å². The predicted octanol–water partition coefficient (Wildman–Crippen LogP) is 4.22. The summed E-state index contributed by atoms with van der Waals surface area (Å²) in [6.45, 7) is 5.30. The third-order valence-corrected chi connectivity index (χ3v) is 5.48. The molecule has 3 rings (SSSR count). The van der Waals surface area contributed by atoms with Crippen LogP contribution in [0.2, 0.25) is 0 Å². The molecule has 2 aromatic carbocycles. The number of piperidine rings is 1. The molecule has 0 N–H and O–H groups in total. The first-order valence-electron chi connectivity index (χ1n) is 9.73. The molecule has 3 nitrogen and oxygen atoms in total. The first-order chi connectivity index (χ1) is 12.7. The number of likely N-dealkylation sites (tertiary alicyclic amines) is 1. The Labute approximate surface area is 157 Å². The summed E-state index contributed by atoms with van der Waals surface area (Å²) in [6, 6.07) is 20.8. The Balaban J connectivity index is 1.59. The number of hydrogen-bond donors (Lipinski definition) is 0. The maximum absolute atomic E-state index is 12.8. The van der Waals surface area contributed by atoms with Crippen LogP contribution in [0.5, 0.6) is 0 Å². The van der Waals surface area contributed by atoms with E-state index in [-0.39, 0.29) is 5.97 Å². The number of aryl methyl sites for hydroxylation is 1. The van der Waals surface area contributed by atoms with Crippen LogP contribution >= 0.6 is 0 Å². The zero-order chi connectivity index (χ0) is 18.2. The van der Waals surface area contributed by atoms with Gasteiger partial charge in [-0.25, -0.2) is 0 Å². The van der Waals surface area contributed by atoms with Gasteiger partial charge >= 0.3 is 5.97 Å². The highest BCUT2D eigenvalue weighted by Gasteiger charge is 2.43. The fourth-order valence-corrected chi connectivity index (χ4v) is 3.95. The lowest BCUT2D eigenvalue weighted by Gasteiger charge is -2.40. The van der Waals surface area contributed by atoms with Gasteiger partial charge in [0, 0.05) is 0 Å². The molecule has 26 heavy (non-hydrogen) atoms. The molecule has 0 bridgehead atoms. The van der Waals surface area contributed by atoms with Gasteiger partial charge in [-0.2, -0.15) is 0 Å². The fraction of sp³-hybridized carbons (Fsp3) is 0.435. The standard InChI is InChI=1S/C23H29NO2/c1-2-26-22(25)23(21-13-7-4-8-14-21)15-18-24(19-16-23)17-9-12-20-10-5-3-6-11-20/h3-8,10-11,13-14H,2,9,12,15-19H2,1H3. The molecule has 0 atom stereocenters. The van der Waals surface area contributed by atoms with Crippen LogP contribution in [0.4, 0.5) is 0 Å². The number of rotatable bonds is 7. The number of esters is 1. The van der Waals surface area contributed by atoms with Crippen LogP contribution in [0.15, 0.2) is 60.7 Å². The normalized spacial score (nSPS) is 17.0. The van der Waals surface area contributed by atoms with E-state index in [1.165, 1.54) is 5.56 Å². The Morgan fingerprint density at radius 1 is 1.00 bits per heavy atom. The molecule has 0 spiro atoms. The number of ether oxygens (including phenoxy) is 1. The molecule has 3 heteroatoms. The fourth-order valence-electron chi connectivity index (χ4n) is 3.95. The topological polar surface area (TPSA) is 29.5 Å². The molecular formula is C23H29NO2. The molecule has 0 aromatic heterocycles. The number of benzene rings is 2. The summed E-state index contributed by atoms with van der Waals surface area (Å²) in [5.74, 6) is -0.0601. The smallest absolute Gasteiger partial charge is 0.316 e. The third kappa shape index (κ3) is 4.34. The lowest BCUT2D eigenvalue weighted by Crippen LogP contribution is -2.48. The van der Waals surface area contributed by atoms with Crippen molar-refractivity contribution >= 4 is 5.97 Å². The van der Waals surface area contributed by atoms with Crippen molar-refractivity contribution in [3.8, 4) is 0 Å². The summed E-state index contributed by atoms with van der Waals surface area (Å²) in [6.07, 6.45) is 3.93. The largest absolute Gasteiger partial charge is 0.465 e. The lowest BCUT2D eigenvalue weighted by atomic mass is 9.72. The van der Waals surface area contributed by atoms with Crippen molar-refractivity contribution in [2.24, 2.45) is 0 Å². The molecule has 1 saturated heterocycles. The summed E-state index contributed by atoms with van der Waals surface area (Å²) in [5.41, 5.74) is 2.02. The minimum atomic E-state index is -0.479. The van der Waals surface area contributed by atoms with E-state index in [1.54, 1.807) is 0 Å². The van der Waals surface area contributed by atoms with Crippen LogP contribution in [0.25, 0.3) is 0 Å². The highest BCUT2D eigenvalue weighted by atomic mass is 16.5. The van der Waals surface area contributed by atoms with Gasteiger partial charge in [0.1, 0.15) is 0 Å². The van der Waals surface area contributed by atoms with E-state index >= 15 is 0 Å². The molecule has 2 aromatic rings. The van der Waals surface area contributed by atoms with Crippen molar-refractivity contribution < 1.29 is 9.53 Å². The number of carbonyl (C=O) groups excluding carboxylic acids is 1. The average molecular weight is 351 g/mol. The molecule has 0 radical (unpaired) electrons. The average Bonchev–Trinajstić information content (AvgIpc) is 2.70. The first-order valence-corrected chi connectivity index (χ1v) is 9.73. The zero-order valence-corrected chi connectivity index (χ0v) is 15.7. The molecule has 1 heterocycles. The molecule has 1 fully saturated rings. The molecule has 0 aliphatic carbocycles. The second-order valence-electron chi connectivity index (χ2n) is 7.10. The summed E-state index contributed by atoms with van der Waals surface area (Å²) in [5, 5.41) is 0. The molecule has 0 amide bonds. The van der Waals surface area contributed by atoms with Gasteiger partial charge in [0.25, 0.3) is 0 Å². The van der Waals surface area contributed by atoms with Gasteiger partial charge in [-0.1, -0.05) is 60.7 Å². The Morgan fingerprint density at radius 2 is 1.62 bits per heavy atom. The molecule has 0 unspecified atom stereocenters. The predicted molar refractivity (Wildman–Crippen MR) is 105 cm³/mol. The van der Waals surface area contributed by atoms with Gasteiger partial charge in [-0.3, -0.25) is 4.79 Å². The summed E-state index contributed by atoms with van der Waals surface area (Å²) in [7, 11) is 0. The van der Waals surface area contributed by atoms with E-state index in [0.29, 0.717) is 6.61 Å². The van der Waals surface area contributed by atoms with E-state index in [2.05, 4.69) is 47.4 Å². The molecule has 1 aliphatic heterocycles. The molecule has 0 saturated carbocycles. The van der Waals surface area contributed by atoms with Gasteiger partial charge in [-0.15, -0.1) is 0 Å². The van der Waals surface area contributed by atoms with Crippen molar-refractivity contribution in [3.05, 3.63) is 71.8 Å². The molecular weight excluding hydrogens is 322 g/mol. The van der Waals surface area contributed by atoms with Crippen LogP contribution in [0.3, 0.4) is 0 Å². The van der Waals surface area contributed by atoms with Gasteiger partial charge in [0.05, 0.1) is 12.0 Å². The van der Waals surface area contributed by atoms with Crippen molar-refractivity contribution in [1.29, 1.82) is 0 Å². The minimum absolute atomic E-state index is 0.0601. The third-order valence-electron chi connectivity index (χ3n) is 5.48. The highest BCUT2D eigenvalue weighted by molar-refractivity contribution is 5.83. The Bertz CT molecular complexity index is 676. The van der Waals surface area contributed by atoms with E-state index in [1.807, 2.05) is 25.1 Å². The van der Waals surface area contributed by atoms with Crippen LogP contribution in [-0.4, -0.2) is 37.1 Å². The summed E-state index contributed by atoms with van der Waals surface area (Å²) >= 11 is 0. The van der Waals surface area contributed by atoms with Gasteiger partial charge < -0.3 is 9.64 Å². The second kappa shape index (κ2) is 9.00. The van der Waals surface area contributed by atoms with Gasteiger partial charge in [-0.05, 0) is 63.4 Å². The number of carbonyl (C=O) groups is 1. The van der Waals surface area contributed by atoms with E-state index in [0.717, 1.165) is 50.9 Å². The number of nitrogens with zero attached hydrogens (tertiary/aromatic N) is 1.